The molecule has 0 unspecified atom stereocenters. The van der Waals surface area contributed by atoms with Crippen LogP contribution >= 0.6 is 11.8 Å². The summed E-state index contributed by atoms with van der Waals surface area (Å²) >= 11 is 1.99. The van der Waals surface area contributed by atoms with Crippen LogP contribution in [0.25, 0.3) is 0 Å². The molecule has 2 nitrogen and oxygen atoms in total. The van der Waals surface area contributed by atoms with E-state index < -0.39 is 0 Å². The van der Waals surface area contributed by atoms with Gasteiger partial charge >= 0.3 is 0 Å². The van der Waals surface area contributed by atoms with Gasteiger partial charge in [0.1, 0.15) is 0 Å². The molecular weight excluding hydrogens is 194 g/mol. The van der Waals surface area contributed by atoms with E-state index in [1.165, 1.54) is 31.4 Å². The molecule has 14 heavy (non-hydrogen) atoms. The summed E-state index contributed by atoms with van der Waals surface area (Å²) in [7, 11) is 0. The highest BCUT2D eigenvalue weighted by molar-refractivity contribution is 7.99. The number of nitrogens with one attached hydrogen (secondary N) is 1. The van der Waals surface area contributed by atoms with Gasteiger partial charge in [-0.3, -0.25) is 4.79 Å². The van der Waals surface area contributed by atoms with Crippen molar-refractivity contribution in [2.45, 2.75) is 51.5 Å². The Bertz CT molecular complexity index is 173. The van der Waals surface area contributed by atoms with Gasteiger partial charge in [0, 0.05) is 18.2 Å². The molecule has 0 radical (unpaired) electrons. The van der Waals surface area contributed by atoms with Gasteiger partial charge in [-0.15, -0.1) is 0 Å². The summed E-state index contributed by atoms with van der Waals surface area (Å²) < 4.78 is 0. The smallest absolute Gasteiger partial charge is 0.220 e. The van der Waals surface area contributed by atoms with Crippen LogP contribution in [0.15, 0.2) is 0 Å². The van der Waals surface area contributed by atoms with E-state index in [1.807, 2.05) is 11.8 Å². The topological polar surface area (TPSA) is 29.1 Å². The first-order valence-corrected chi connectivity index (χ1v) is 6.85. The third-order valence-corrected chi connectivity index (χ3v) is 3.76. The molecule has 0 aromatic rings. The van der Waals surface area contributed by atoms with Gasteiger partial charge in [-0.25, -0.2) is 0 Å². The number of amides is 1. The minimum atomic E-state index is 0.238. The summed E-state index contributed by atoms with van der Waals surface area (Å²) in [4.78, 5) is 10.9. The number of thioether (sulfide) groups is 1. The van der Waals surface area contributed by atoms with Gasteiger partial charge in [0.15, 0.2) is 0 Å². The maximum atomic E-state index is 10.9. The van der Waals surface area contributed by atoms with E-state index in [0.717, 1.165) is 18.6 Å². The number of carbonyl (C=O) groups excluding carboxylic acids is 1. The van der Waals surface area contributed by atoms with Gasteiger partial charge < -0.3 is 5.32 Å². The van der Waals surface area contributed by atoms with Gasteiger partial charge in [0.25, 0.3) is 0 Å². The lowest BCUT2D eigenvalue weighted by atomic mass is 10.2. The first-order valence-electron chi connectivity index (χ1n) is 5.70. The normalized spacial score (nSPS) is 21.2. The molecule has 0 aromatic heterocycles. The predicted molar refractivity (Wildman–Crippen MR) is 62.6 cm³/mol. The molecular formula is C11H21NOS. The lowest BCUT2D eigenvalue weighted by Crippen LogP contribution is -2.27. The summed E-state index contributed by atoms with van der Waals surface area (Å²) in [5.41, 5.74) is 0. The fourth-order valence-electron chi connectivity index (χ4n) is 1.66. The first kappa shape index (κ1) is 11.9. The van der Waals surface area contributed by atoms with E-state index in [-0.39, 0.29) is 5.91 Å². The Morgan fingerprint density at radius 3 is 2.93 bits per heavy atom. The maximum absolute atomic E-state index is 10.9. The molecule has 0 spiro atoms. The van der Waals surface area contributed by atoms with Crippen LogP contribution in [0.2, 0.25) is 0 Å². The Kier molecular flexibility index (Phi) is 6.08. The van der Waals surface area contributed by atoms with E-state index in [2.05, 4.69) is 12.2 Å². The molecule has 0 bridgehead atoms. The van der Waals surface area contributed by atoms with E-state index in [9.17, 15) is 4.79 Å². The van der Waals surface area contributed by atoms with Crippen LogP contribution in [0, 0.1) is 0 Å². The number of unbranched alkanes of at least 4 members (excludes halogenated alkanes) is 3. The molecule has 1 N–H and O–H groups in total. The molecule has 1 atom stereocenters. The van der Waals surface area contributed by atoms with Crippen molar-refractivity contribution in [2.24, 2.45) is 0 Å². The lowest BCUT2D eigenvalue weighted by molar-refractivity contribution is -0.119. The van der Waals surface area contributed by atoms with Crippen LogP contribution in [0.3, 0.4) is 0 Å². The van der Waals surface area contributed by atoms with E-state index >= 15 is 0 Å². The molecule has 0 saturated carbocycles. The van der Waals surface area contributed by atoms with Crippen LogP contribution < -0.4 is 5.32 Å². The zero-order valence-electron chi connectivity index (χ0n) is 9.05. The molecule has 1 fully saturated rings. The molecule has 1 saturated heterocycles. The van der Waals surface area contributed by atoms with Crippen LogP contribution in [-0.2, 0) is 4.79 Å². The van der Waals surface area contributed by atoms with E-state index in [4.69, 9.17) is 0 Å². The Labute approximate surface area is 91.2 Å². The van der Waals surface area contributed by atoms with Crippen molar-refractivity contribution in [1.29, 1.82) is 0 Å². The quantitative estimate of drug-likeness (QED) is 0.661. The second-order valence-corrected chi connectivity index (χ2v) is 5.09. The Morgan fingerprint density at radius 2 is 2.29 bits per heavy atom. The minimum absolute atomic E-state index is 0.238. The number of hydrogen-bond acceptors (Lipinski definition) is 2. The number of hydrogen-bond donors (Lipinski definition) is 1. The van der Waals surface area contributed by atoms with Crippen molar-refractivity contribution in [1.82, 2.24) is 5.32 Å². The Hall–Kier alpha value is -0.180. The van der Waals surface area contributed by atoms with Gasteiger partial charge in [0.05, 0.1) is 0 Å². The average molecular weight is 215 g/mol. The molecule has 82 valence electrons. The Balaban J connectivity index is 1.86. The predicted octanol–water partition coefficient (Wildman–Crippen LogP) is 2.58. The highest BCUT2D eigenvalue weighted by Gasteiger charge is 2.19. The molecule has 3 heteroatoms. The fourth-order valence-corrected chi connectivity index (χ4v) is 2.77. The van der Waals surface area contributed by atoms with Crippen molar-refractivity contribution in [2.75, 3.05) is 11.5 Å². The number of rotatable bonds is 7. The minimum Gasteiger partial charge on any atom is -0.353 e. The molecule has 1 amide bonds. The van der Waals surface area contributed by atoms with Crippen LogP contribution in [0.5, 0.6) is 0 Å². The maximum Gasteiger partial charge on any atom is 0.220 e. The van der Waals surface area contributed by atoms with E-state index in [0.29, 0.717) is 6.04 Å². The highest BCUT2D eigenvalue weighted by Crippen LogP contribution is 2.14. The summed E-state index contributed by atoms with van der Waals surface area (Å²) in [5.74, 6) is 2.60. The third-order valence-electron chi connectivity index (χ3n) is 2.55. The largest absolute Gasteiger partial charge is 0.353 e. The highest BCUT2D eigenvalue weighted by atomic mass is 32.2. The van der Waals surface area contributed by atoms with Gasteiger partial charge in [-0.2, -0.15) is 11.8 Å². The SMILES string of the molecule is CCCCCCSC[C@@H]1CCC(=O)N1. The van der Waals surface area contributed by atoms with Gasteiger partial charge in [-0.1, -0.05) is 26.2 Å². The lowest BCUT2D eigenvalue weighted by Gasteiger charge is -2.08. The van der Waals surface area contributed by atoms with E-state index in [1.54, 1.807) is 0 Å². The molecule has 1 rings (SSSR count). The summed E-state index contributed by atoms with van der Waals surface area (Å²) in [6.45, 7) is 2.24. The summed E-state index contributed by atoms with van der Waals surface area (Å²) in [5, 5.41) is 3.00. The summed E-state index contributed by atoms with van der Waals surface area (Å²) in [6, 6.07) is 0.457. The molecule has 1 aliphatic heterocycles. The molecule has 0 aromatic carbocycles. The van der Waals surface area contributed by atoms with Crippen LogP contribution in [0.1, 0.15) is 45.4 Å². The van der Waals surface area contributed by atoms with Crippen LogP contribution in [0.4, 0.5) is 0 Å². The van der Waals surface area contributed by atoms with Crippen molar-refractivity contribution >= 4 is 17.7 Å². The first-order chi connectivity index (χ1) is 6.83. The van der Waals surface area contributed by atoms with Crippen molar-refractivity contribution in [3.63, 3.8) is 0 Å². The zero-order valence-corrected chi connectivity index (χ0v) is 9.87. The van der Waals surface area contributed by atoms with Crippen molar-refractivity contribution in [3.05, 3.63) is 0 Å². The second-order valence-electron chi connectivity index (χ2n) is 3.94. The van der Waals surface area contributed by atoms with Crippen LogP contribution in [-0.4, -0.2) is 23.5 Å². The second kappa shape index (κ2) is 7.16. The Morgan fingerprint density at radius 1 is 1.43 bits per heavy atom. The fraction of sp³-hybridized carbons (Fsp3) is 0.909. The zero-order chi connectivity index (χ0) is 10.2. The molecule has 1 aliphatic rings. The summed E-state index contributed by atoms with van der Waals surface area (Å²) in [6.07, 6.45) is 7.14. The average Bonchev–Trinajstić information content (AvgIpc) is 2.58. The van der Waals surface area contributed by atoms with Crippen molar-refractivity contribution in [3.8, 4) is 0 Å². The van der Waals surface area contributed by atoms with Gasteiger partial charge in [-0.05, 0) is 18.6 Å². The van der Waals surface area contributed by atoms with Crippen molar-refractivity contribution < 1.29 is 4.79 Å². The van der Waals surface area contributed by atoms with Gasteiger partial charge in [0.2, 0.25) is 5.91 Å². The number of carbonyl (C=O) groups is 1. The molecule has 1 heterocycles. The third kappa shape index (κ3) is 4.89. The monoisotopic (exact) mass is 215 g/mol. The standard InChI is InChI=1S/C11H21NOS/c1-2-3-4-5-8-14-9-10-6-7-11(13)12-10/h10H,2-9H2,1H3,(H,12,13)/t10-/m0/s1. The molecule has 0 aliphatic carbocycles.